The van der Waals surface area contributed by atoms with Gasteiger partial charge >= 0.3 is 0 Å². The van der Waals surface area contributed by atoms with E-state index in [9.17, 15) is 18.0 Å². The number of amides is 1. The maximum Gasteiger partial charge on any atom is 0.282 e. The van der Waals surface area contributed by atoms with Gasteiger partial charge in [-0.05, 0) is 61.6 Å². The second-order valence-electron chi connectivity index (χ2n) is 9.15. The van der Waals surface area contributed by atoms with Crippen molar-refractivity contribution in [2.24, 2.45) is 0 Å². The molecule has 1 aliphatic carbocycles. The summed E-state index contributed by atoms with van der Waals surface area (Å²) < 4.78 is 44.3. The average Bonchev–Trinajstić information content (AvgIpc) is 3.66. The molecule has 9 heteroatoms. The Morgan fingerprint density at radius 1 is 1.17 bits per heavy atom. The van der Waals surface area contributed by atoms with Crippen molar-refractivity contribution in [2.45, 2.75) is 44.9 Å². The monoisotopic (exact) mass is 507 g/mol. The van der Waals surface area contributed by atoms with Gasteiger partial charge in [-0.25, -0.2) is 17.5 Å². The first-order valence-corrected chi connectivity index (χ1v) is 13.4. The van der Waals surface area contributed by atoms with E-state index in [1.165, 1.54) is 6.20 Å². The van der Waals surface area contributed by atoms with Crippen molar-refractivity contribution in [2.75, 3.05) is 0 Å². The molecule has 1 fully saturated rings. The number of fused-ring (bicyclic) bond motifs is 1. The number of benzene rings is 2. The first-order chi connectivity index (χ1) is 17.2. The Bertz CT molecular complexity index is 1670. The number of aryl methyl sites for hydroxylation is 2. The maximum atomic E-state index is 15.1. The van der Waals surface area contributed by atoms with Crippen LogP contribution >= 0.6 is 0 Å². The minimum atomic E-state index is -3.87. The second-order valence-corrected chi connectivity index (χ2v) is 11.1. The van der Waals surface area contributed by atoms with E-state index in [1.54, 1.807) is 41.8 Å². The highest BCUT2D eigenvalue weighted by Crippen LogP contribution is 2.36. The van der Waals surface area contributed by atoms with Gasteiger partial charge in [0, 0.05) is 33.8 Å². The summed E-state index contributed by atoms with van der Waals surface area (Å²) in [4.78, 5) is 29.2. The van der Waals surface area contributed by atoms with Crippen LogP contribution in [0.15, 0.2) is 59.5 Å². The fourth-order valence-electron chi connectivity index (χ4n) is 4.55. The molecule has 1 saturated carbocycles. The Labute approximate surface area is 208 Å². The summed E-state index contributed by atoms with van der Waals surface area (Å²) in [6, 6.07) is 13.9. The van der Waals surface area contributed by atoms with Crippen LogP contribution in [0.2, 0.25) is 0 Å². The lowest BCUT2D eigenvalue weighted by Crippen LogP contribution is -2.35. The molecule has 36 heavy (non-hydrogen) atoms. The topological polar surface area (TPSA) is 101 Å². The Hall–Kier alpha value is -3.72. The van der Waals surface area contributed by atoms with Crippen LogP contribution in [0.3, 0.4) is 0 Å². The van der Waals surface area contributed by atoms with Gasteiger partial charge in [-0.15, -0.1) is 0 Å². The van der Waals surface area contributed by atoms with E-state index in [1.807, 2.05) is 25.1 Å². The smallest absolute Gasteiger partial charge is 0.282 e. The highest BCUT2D eigenvalue weighted by atomic mass is 32.2. The SMILES string of the molecule is CCc1ccc2c(c1)c(-c1ccc[nH]c1=O)c(C(=O)NS(=O)(=O)C1CC1)n2Cc1cccc(C)c1F. The summed E-state index contributed by atoms with van der Waals surface area (Å²) in [5, 5.41) is 0.0110. The van der Waals surface area contributed by atoms with Crippen LogP contribution in [0.5, 0.6) is 0 Å². The van der Waals surface area contributed by atoms with Crippen LogP contribution in [-0.4, -0.2) is 29.1 Å². The Morgan fingerprint density at radius 3 is 2.64 bits per heavy atom. The third-order valence-corrected chi connectivity index (χ3v) is 8.46. The van der Waals surface area contributed by atoms with Crippen molar-refractivity contribution >= 4 is 26.8 Å². The summed E-state index contributed by atoms with van der Waals surface area (Å²) in [5.41, 5.74) is 2.51. The van der Waals surface area contributed by atoms with E-state index in [2.05, 4.69) is 9.71 Å². The second kappa shape index (κ2) is 9.05. The number of aromatic nitrogens is 2. The standard InChI is InChI=1S/C27H26FN3O4S/c1-3-17-9-12-22-21(14-17)23(20-8-5-13-29-26(20)32)25(27(33)30-36(34,35)19-10-11-19)31(22)15-18-7-4-6-16(2)24(18)28/h4-9,12-14,19H,3,10-11,15H2,1-2H3,(H,29,32)(H,30,33). The van der Waals surface area contributed by atoms with Crippen LogP contribution in [0.1, 0.15) is 46.9 Å². The van der Waals surface area contributed by atoms with Gasteiger partial charge in [0.25, 0.3) is 11.5 Å². The molecule has 2 aromatic carbocycles. The quantitative estimate of drug-likeness (QED) is 0.390. The van der Waals surface area contributed by atoms with E-state index in [0.29, 0.717) is 40.4 Å². The minimum Gasteiger partial charge on any atom is -0.331 e. The molecule has 2 N–H and O–H groups in total. The number of nitrogens with zero attached hydrogens (tertiary/aromatic N) is 1. The summed E-state index contributed by atoms with van der Waals surface area (Å²) in [5.74, 6) is -1.25. The number of pyridine rings is 1. The molecule has 2 heterocycles. The summed E-state index contributed by atoms with van der Waals surface area (Å²) >= 11 is 0. The average molecular weight is 508 g/mol. The Kier molecular flexibility index (Phi) is 6.04. The van der Waals surface area contributed by atoms with Crippen LogP contribution < -0.4 is 10.3 Å². The van der Waals surface area contributed by atoms with Crippen molar-refractivity contribution in [3.05, 3.63) is 93.3 Å². The molecule has 0 spiro atoms. The number of H-pyrrole nitrogens is 1. The highest BCUT2D eigenvalue weighted by molar-refractivity contribution is 7.91. The van der Waals surface area contributed by atoms with Gasteiger partial charge in [0.1, 0.15) is 11.5 Å². The molecule has 0 atom stereocenters. The molecular formula is C27H26FN3O4S. The third kappa shape index (κ3) is 4.24. The predicted molar refractivity (Wildman–Crippen MR) is 137 cm³/mol. The molecule has 2 aromatic heterocycles. The number of halogens is 1. The lowest BCUT2D eigenvalue weighted by Gasteiger charge is -2.14. The van der Waals surface area contributed by atoms with Crippen LogP contribution in [-0.2, 0) is 23.0 Å². The van der Waals surface area contributed by atoms with Gasteiger partial charge in [-0.3, -0.25) is 9.59 Å². The van der Waals surface area contributed by atoms with Gasteiger partial charge < -0.3 is 9.55 Å². The van der Waals surface area contributed by atoms with Crippen molar-refractivity contribution < 1.29 is 17.6 Å². The molecule has 7 nitrogen and oxygen atoms in total. The van der Waals surface area contributed by atoms with Gasteiger partial charge in [0.2, 0.25) is 10.0 Å². The number of aromatic amines is 1. The largest absolute Gasteiger partial charge is 0.331 e. The number of carbonyl (C=O) groups is 1. The lowest BCUT2D eigenvalue weighted by molar-refractivity contribution is 0.0974. The zero-order valence-electron chi connectivity index (χ0n) is 20.0. The van der Waals surface area contributed by atoms with Gasteiger partial charge in [-0.1, -0.05) is 31.2 Å². The van der Waals surface area contributed by atoms with Crippen molar-refractivity contribution in [3.8, 4) is 11.1 Å². The lowest BCUT2D eigenvalue weighted by atomic mass is 10.0. The minimum absolute atomic E-state index is 0.0000779. The molecular weight excluding hydrogens is 481 g/mol. The molecule has 186 valence electrons. The molecule has 1 aliphatic rings. The molecule has 1 amide bonds. The molecule has 0 unspecified atom stereocenters. The van der Waals surface area contributed by atoms with E-state index in [4.69, 9.17) is 0 Å². The fourth-order valence-corrected chi connectivity index (χ4v) is 5.83. The Balaban J connectivity index is 1.82. The number of nitrogens with one attached hydrogen (secondary N) is 2. The normalized spacial score (nSPS) is 13.8. The van der Waals surface area contributed by atoms with Crippen LogP contribution in [0.25, 0.3) is 22.0 Å². The first kappa shape index (κ1) is 24.0. The van der Waals surface area contributed by atoms with E-state index < -0.39 is 32.6 Å². The van der Waals surface area contributed by atoms with Gasteiger partial charge in [-0.2, -0.15) is 0 Å². The van der Waals surface area contributed by atoms with Gasteiger partial charge in [0.05, 0.1) is 11.8 Å². The zero-order chi connectivity index (χ0) is 25.6. The van der Waals surface area contributed by atoms with E-state index in [0.717, 1.165) is 12.0 Å². The first-order valence-electron chi connectivity index (χ1n) is 11.8. The van der Waals surface area contributed by atoms with E-state index >= 15 is 4.39 Å². The number of hydrogen-bond acceptors (Lipinski definition) is 4. The number of sulfonamides is 1. The highest BCUT2D eigenvalue weighted by Gasteiger charge is 2.38. The molecule has 0 bridgehead atoms. The van der Waals surface area contributed by atoms with Crippen molar-refractivity contribution in [3.63, 3.8) is 0 Å². The van der Waals surface area contributed by atoms with Gasteiger partial charge in [0.15, 0.2) is 0 Å². The Morgan fingerprint density at radius 2 is 1.94 bits per heavy atom. The summed E-state index contributed by atoms with van der Waals surface area (Å²) in [6.07, 6.45) is 3.19. The van der Waals surface area contributed by atoms with E-state index in [-0.39, 0.29) is 17.8 Å². The predicted octanol–water partition coefficient (Wildman–Crippen LogP) is 4.28. The van der Waals surface area contributed by atoms with Crippen LogP contribution in [0, 0.1) is 12.7 Å². The van der Waals surface area contributed by atoms with Crippen LogP contribution in [0.4, 0.5) is 4.39 Å². The van der Waals surface area contributed by atoms with Crippen molar-refractivity contribution in [1.82, 2.24) is 14.3 Å². The molecule has 0 aliphatic heterocycles. The summed E-state index contributed by atoms with van der Waals surface area (Å²) in [6.45, 7) is 3.63. The maximum absolute atomic E-state index is 15.1. The van der Waals surface area contributed by atoms with Crippen molar-refractivity contribution in [1.29, 1.82) is 0 Å². The number of hydrogen-bond donors (Lipinski definition) is 2. The third-order valence-electron chi connectivity index (χ3n) is 6.64. The molecule has 0 radical (unpaired) electrons. The fraction of sp³-hybridized carbons (Fsp3) is 0.259. The zero-order valence-corrected chi connectivity index (χ0v) is 20.8. The molecule has 0 saturated heterocycles. The molecule has 5 rings (SSSR count). The number of rotatable bonds is 7. The molecule has 4 aromatic rings. The number of carbonyl (C=O) groups excluding carboxylic acids is 1. The summed E-state index contributed by atoms with van der Waals surface area (Å²) in [7, 11) is -3.87.